The van der Waals surface area contributed by atoms with Gasteiger partial charge >= 0.3 is 0 Å². The molecule has 4 aromatic rings. The maximum atomic E-state index is 14.2. The molecule has 13 rings (SSSR count). The fourth-order valence-corrected chi connectivity index (χ4v) is 20.0. The van der Waals surface area contributed by atoms with Crippen LogP contribution in [0.15, 0.2) is 72.8 Å². The fourth-order valence-electron chi connectivity index (χ4n) is 20.0. The van der Waals surface area contributed by atoms with Gasteiger partial charge in [-0.2, -0.15) is 0 Å². The molecule has 366 valence electrons. The van der Waals surface area contributed by atoms with Crippen LogP contribution >= 0.6 is 0 Å². The van der Waals surface area contributed by atoms with E-state index in [2.05, 4.69) is 93.6 Å². The molecule has 0 heterocycles. The normalized spacial score (nSPS) is 42.3. The molecule has 0 saturated heterocycles. The van der Waals surface area contributed by atoms with Crippen molar-refractivity contribution in [1.82, 2.24) is 0 Å². The molecule has 0 radical (unpaired) electrons. The summed E-state index contributed by atoms with van der Waals surface area (Å²) in [4.78, 5) is 0. The van der Waals surface area contributed by atoms with Gasteiger partial charge in [-0.25, -0.2) is 0 Å². The van der Waals surface area contributed by atoms with E-state index in [0.717, 1.165) is 137 Å². The molecule has 9 aliphatic rings. The largest absolute Gasteiger partial charge is 0.497 e. The summed E-state index contributed by atoms with van der Waals surface area (Å²) in [5.41, 5.74) is 7.45. The summed E-state index contributed by atoms with van der Waals surface area (Å²) in [6, 6.07) is 27.1. The molecule has 6 nitrogen and oxygen atoms in total. The van der Waals surface area contributed by atoms with E-state index < -0.39 is 16.8 Å². The van der Waals surface area contributed by atoms with Crippen LogP contribution in [0.1, 0.15) is 185 Å². The molecular weight excluding hydrogens is 853 g/mol. The fraction of sp³-hybridized carbons (Fsp3) is 0.619. The molecule has 0 aromatic heterocycles. The first-order valence-corrected chi connectivity index (χ1v) is 27.5. The summed E-state index contributed by atoms with van der Waals surface area (Å²) < 4.78 is 17.0. The smallest absolute Gasteiger partial charge is 0.119 e. The molecule has 3 N–H and O–H groups in total. The minimum absolute atomic E-state index is 0.293. The van der Waals surface area contributed by atoms with E-state index in [9.17, 15) is 15.3 Å². The quantitative estimate of drug-likeness (QED) is 0.179. The maximum absolute atomic E-state index is 14.2. The van der Waals surface area contributed by atoms with Gasteiger partial charge in [-0.3, -0.25) is 0 Å². The number of rotatable bonds is 6. The SMILES string of the molecule is COc1ccc2c(c1)CC[C@@H]1[C@@H]2CC[C@@]2(C)[C@H]1CC[C@@]2(O)c1ccc([C@]2(O)CC[C@H]3[C@@H]4CCc5cc(OC)ccc5[C@H]4CC[C@@]32C)c([C@]2(O)CC[C@H]3[C@@H]4CCc5cc(OC)ccc5[C@H]4CC[C@@]32C)c1. The lowest BCUT2D eigenvalue weighted by atomic mass is 9.50. The van der Waals surface area contributed by atoms with Crippen LogP contribution in [0.4, 0.5) is 0 Å². The number of benzene rings is 4. The lowest BCUT2D eigenvalue weighted by Crippen LogP contribution is -2.53. The van der Waals surface area contributed by atoms with E-state index in [1.54, 1.807) is 21.3 Å². The summed E-state index contributed by atoms with van der Waals surface area (Å²) in [6.07, 6.45) is 17.8. The third kappa shape index (κ3) is 5.95. The Hall–Kier alpha value is -3.84. The van der Waals surface area contributed by atoms with Crippen molar-refractivity contribution in [2.24, 2.45) is 51.8 Å². The molecule has 9 aliphatic carbocycles. The molecule has 6 saturated carbocycles. The highest BCUT2D eigenvalue weighted by molar-refractivity contribution is 5.50. The van der Waals surface area contributed by atoms with Crippen molar-refractivity contribution in [1.29, 1.82) is 0 Å². The Balaban J connectivity index is 0.895. The van der Waals surface area contributed by atoms with Crippen molar-refractivity contribution >= 4 is 0 Å². The molecule has 15 atom stereocenters. The zero-order valence-corrected chi connectivity index (χ0v) is 42.4. The zero-order valence-electron chi connectivity index (χ0n) is 42.4. The first-order chi connectivity index (χ1) is 33.2. The number of ether oxygens (including phenoxy) is 3. The van der Waals surface area contributed by atoms with E-state index in [0.29, 0.717) is 66.1 Å². The monoisotopic (exact) mass is 931 g/mol. The third-order valence-corrected chi connectivity index (χ3v) is 23.6. The number of methoxy groups -OCH3 is 3. The van der Waals surface area contributed by atoms with Crippen LogP contribution in [0.3, 0.4) is 0 Å². The number of hydrogen-bond acceptors (Lipinski definition) is 6. The van der Waals surface area contributed by atoms with Crippen LogP contribution < -0.4 is 14.2 Å². The summed E-state index contributed by atoms with van der Waals surface area (Å²) in [6.45, 7) is 7.28. The molecule has 0 spiro atoms. The van der Waals surface area contributed by atoms with Gasteiger partial charge < -0.3 is 29.5 Å². The van der Waals surface area contributed by atoms with Crippen molar-refractivity contribution < 1.29 is 29.5 Å². The van der Waals surface area contributed by atoms with Crippen LogP contribution in [0.5, 0.6) is 17.2 Å². The van der Waals surface area contributed by atoms with Gasteiger partial charge in [0.15, 0.2) is 0 Å². The lowest BCUT2D eigenvalue weighted by Gasteiger charge is -2.56. The summed E-state index contributed by atoms with van der Waals surface area (Å²) in [5, 5.41) is 42.0. The van der Waals surface area contributed by atoms with Gasteiger partial charge in [0.1, 0.15) is 17.2 Å². The standard InChI is InChI=1S/C63H78O6/c1-58-27-21-47-44-17-11-41(67-4)33-37(44)7-14-50(47)53(58)24-30-61(58,64)40-10-20-56(62(65)31-25-54-51-15-8-38-34-42(68-5)12-18-45(38)48(51)22-28-59(54,62)2)57(36-40)63(66)32-26-55-52-16-9-39-35-43(69-6)13-19-46(39)49(52)23-29-60(55,63)3/h10-13,17-20,33-36,47-55,64-66H,7-9,14-16,21-32H2,1-6H3/t47-,48-,49-,50-,51-,52-,53+,54+,55+,58+,59+,60+,61-,62-,63-/m1/s1. The molecule has 0 aliphatic heterocycles. The number of fused-ring (bicyclic) bond motifs is 15. The van der Waals surface area contributed by atoms with E-state index in [1.165, 1.54) is 33.4 Å². The summed E-state index contributed by atoms with van der Waals surface area (Å²) in [5.74, 6) is 7.06. The van der Waals surface area contributed by atoms with Crippen molar-refractivity contribution in [3.63, 3.8) is 0 Å². The highest BCUT2D eigenvalue weighted by Gasteiger charge is 2.68. The summed E-state index contributed by atoms with van der Waals surface area (Å²) >= 11 is 0. The Morgan fingerprint density at radius 3 is 1.14 bits per heavy atom. The highest BCUT2D eigenvalue weighted by Crippen LogP contribution is 2.73. The molecule has 0 unspecified atom stereocenters. The predicted octanol–water partition coefficient (Wildman–Crippen LogP) is 12.9. The Kier molecular flexibility index (Phi) is 10.2. The molecular formula is C63H78O6. The molecule has 6 fully saturated rings. The van der Waals surface area contributed by atoms with Gasteiger partial charge in [-0.15, -0.1) is 0 Å². The second-order valence-corrected chi connectivity index (χ2v) is 25.3. The lowest BCUT2D eigenvalue weighted by molar-refractivity contribution is -0.127. The van der Waals surface area contributed by atoms with Gasteiger partial charge in [-0.05, 0) is 261 Å². The van der Waals surface area contributed by atoms with E-state index >= 15 is 0 Å². The van der Waals surface area contributed by atoms with Crippen LogP contribution in [-0.2, 0) is 36.1 Å². The second-order valence-electron chi connectivity index (χ2n) is 25.3. The van der Waals surface area contributed by atoms with E-state index in [-0.39, 0.29) is 16.2 Å². The van der Waals surface area contributed by atoms with Gasteiger partial charge in [-0.1, -0.05) is 51.1 Å². The Morgan fingerprint density at radius 2 is 0.754 bits per heavy atom. The zero-order chi connectivity index (χ0) is 47.5. The summed E-state index contributed by atoms with van der Waals surface area (Å²) in [7, 11) is 5.30. The number of hydrogen-bond donors (Lipinski definition) is 3. The van der Waals surface area contributed by atoms with Gasteiger partial charge in [0.25, 0.3) is 0 Å². The Morgan fingerprint density at radius 1 is 0.391 bits per heavy atom. The predicted molar refractivity (Wildman–Crippen MR) is 271 cm³/mol. The molecule has 6 heteroatoms. The van der Waals surface area contributed by atoms with Crippen molar-refractivity contribution in [3.8, 4) is 17.2 Å². The maximum Gasteiger partial charge on any atom is 0.119 e. The molecule has 0 bridgehead atoms. The van der Waals surface area contributed by atoms with Crippen LogP contribution in [-0.4, -0.2) is 36.6 Å². The Labute approximate surface area is 412 Å². The minimum atomic E-state index is -1.14. The average Bonchev–Trinajstić information content (AvgIpc) is 3.94. The highest BCUT2D eigenvalue weighted by atomic mass is 16.5. The van der Waals surface area contributed by atoms with Crippen molar-refractivity contribution in [2.75, 3.05) is 21.3 Å². The molecule has 0 amide bonds. The topological polar surface area (TPSA) is 88.4 Å². The average molecular weight is 931 g/mol. The first-order valence-electron chi connectivity index (χ1n) is 27.5. The van der Waals surface area contributed by atoms with E-state index in [4.69, 9.17) is 14.2 Å². The van der Waals surface area contributed by atoms with Gasteiger partial charge in [0, 0.05) is 16.2 Å². The minimum Gasteiger partial charge on any atom is -0.497 e. The molecule has 4 aromatic carbocycles. The van der Waals surface area contributed by atoms with Gasteiger partial charge in [0.2, 0.25) is 0 Å². The van der Waals surface area contributed by atoms with Crippen LogP contribution in [0, 0.1) is 51.8 Å². The van der Waals surface area contributed by atoms with Crippen molar-refractivity contribution in [3.05, 3.63) is 123 Å². The van der Waals surface area contributed by atoms with Crippen molar-refractivity contribution in [2.45, 2.75) is 171 Å². The second kappa shape index (κ2) is 15.6. The third-order valence-electron chi connectivity index (χ3n) is 23.6. The van der Waals surface area contributed by atoms with Crippen LogP contribution in [0.2, 0.25) is 0 Å². The van der Waals surface area contributed by atoms with E-state index in [1.807, 2.05) is 0 Å². The van der Waals surface area contributed by atoms with Gasteiger partial charge in [0.05, 0.1) is 38.1 Å². The van der Waals surface area contributed by atoms with Crippen LogP contribution in [0.25, 0.3) is 0 Å². The number of aliphatic hydroxyl groups is 3. The first kappa shape index (κ1) is 45.1. The number of aryl methyl sites for hydroxylation is 3. The Bertz CT molecular complexity index is 2710. The molecule has 69 heavy (non-hydrogen) atoms.